The van der Waals surface area contributed by atoms with Crippen molar-refractivity contribution in [1.29, 1.82) is 0 Å². The summed E-state index contributed by atoms with van der Waals surface area (Å²) in [6, 6.07) is 3.86. The fourth-order valence-corrected chi connectivity index (χ4v) is 6.77. The molecule has 42 heavy (non-hydrogen) atoms. The average Bonchev–Trinajstić information content (AvgIpc) is 3.77. The van der Waals surface area contributed by atoms with Crippen molar-refractivity contribution >= 4 is 35.4 Å². The fraction of sp³-hybridized carbons (Fsp3) is 0.500. The Morgan fingerprint density at radius 1 is 0.643 bits per heavy atom. The smallest absolute Gasteiger partial charge is 0.325 e. The molecule has 0 atom stereocenters. The molecule has 0 radical (unpaired) electrons. The molecule has 0 spiro atoms. The summed E-state index contributed by atoms with van der Waals surface area (Å²) in [5.41, 5.74) is 12.4. The van der Waals surface area contributed by atoms with Crippen molar-refractivity contribution in [2.45, 2.75) is 84.0 Å². The molecule has 4 amide bonds. The second-order valence-corrected chi connectivity index (χ2v) is 11.3. The minimum Gasteiger partial charge on any atom is -0.480 e. The van der Waals surface area contributed by atoms with E-state index in [1.165, 1.54) is 44.5 Å². The Morgan fingerprint density at radius 2 is 1.02 bits per heavy atom. The number of aliphatic carboxylic acids is 1. The molecule has 0 fully saturated rings. The molecule has 4 aliphatic rings. The molecule has 2 aromatic carbocycles. The number of ether oxygens (including phenoxy) is 1. The van der Waals surface area contributed by atoms with E-state index in [2.05, 4.69) is 33.4 Å². The highest BCUT2D eigenvalue weighted by atomic mass is 16.5. The van der Waals surface area contributed by atoms with Crippen molar-refractivity contribution in [2.75, 3.05) is 30.3 Å². The lowest BCUT2D eigenvalue weighted by atomic mass is 9.99. The number of carbonyl (C=O) groups excluding carboxylic acids is 3. The van der Waals surface area contributed by atoms with Crippen LogP contribution < -0.4 is 21.3 Å². The average molecular weight is 577 g/mol. The number of fused-ring (bicyclic) bond motifs is 4. The third-order valence-corrected chi connectivity index (χ3v) is 8.52. The number of amides is 4. The first-order valence-corrected chi connectivity index (χ1v) is 15.1. The predicted octanol–water partition coefficient (Wildman–Crippen LogP) is 4.22. The summed E-state index contributed by atoms with van der Waals surface area (Å²) in [6.07, 6.45) is 13.0. The highest BCUT2D eigenvalue weighted by Crippen LogP contribution is 2.39. The highest BCUT2D eigenvalue weighted by Gasteiger charge is 2.26. The second kappa shape index (κ2) is 13.3. The van der Waals surface area contributed by atoms with Crippen LogP contribution >= 0.6 is 0 Å². The minimum atomic E-state index is -1.04. The van der Waals surface area contributed by atoms with Crippen LogP contribution in [0.15, 0.2) is 12.1 Å². The molecule has 10 heteroatoms. The Bertz CT molecular complexity index is 1340. The number of aryl methyl sites for hydroxylation is 4. The number of nitrogens with one attached hydrogen (secondary N) is 4. The number of urea groups is 2. The molecule has 4 aliphatic carbocycles. The number of anilines is 2. The lowest BCUT2D eigenvalue weighted by Crippen LogP contribution is -2.34. The van der Waals surface area contributed by atoms with Crippen molar-refractivity contribution in [3.63, 3.8) is 0 Å². The third kappa shape index (κ3) is 6.69. The zero-order valence-corrected chi connectivity index (χ0v) is 24.2. The Balaban J connectivity index is 0.000000169. The molecule has 0 saturated carbocycles. The van der Waals surface area contributed by atoms with Gasteiger partial charge in [-0.1, -0.05) is 12.1 Å². The molecule has 224 valence electrons. The summed E-state index contributed by atoms with van der Waals surface area (Å²) in [5.74, 6) is -1.45. The molecule has 5 N–H and O–H groups in total. The first kappa shape index (κ1) is 29.4. The molecule has 0 aromatic heterocycles. The van der Waals surface area contributed by atoms with Crippen molar-refractivity contribution in [3.8, 4) is 0 Å². The van der Waals surface area contributed by atoms with E-state index in [9.17, 15) is 19.2 Å². The van der Waals surface area contributed by atoms with Crippen LogP contribution in [0.2, 0.25) is 0 Å². The first-order valence-electron chi connectivity index (χ1n) is 15.1. The number of rotatable bonds is 7. The Morgan fingerprint density at radius 3 is 1.38 bits per heavy atom. The standard InChI is InChI=1S/C17H22N2O3.C15H18N2O3/c1-2-22-15(20)10-18-17(21)19-16-13-7-3-5-11(13)9-12-6-4-8-14(12)16;18-13(19)8-16-15(20)17-14-11-5-1-3-9(11)7-10-4-2-6-12(10)14/h9H,2-8,10H2,1H3,(H2,18,19,21);7H,1-6,8H2,(H,18,19)(H2,16,17,20). The zero-order valence-electron chi connectivity index (χ0n) is 24.2. The monoisotopic (exact) mass is 576 g/mol. The quantitative estimate of drug-likeness (QED) is 0.312. The lowest BCUT2D eigenvalue weighted by Gasteiger charge is -2.16. The van der Waals surface area contributed by atoms with Crippen molar-refractivity contribution in [3.05, 3.63) is 56.6 Å². The summed E-state index contributed by atoms with van der Waals surface area (Å²) >= 11 is 0. The van der Waals surface area contributed by atoms with Gasteiger partial charge in [-0.3, -0.25) is 9.59 Å². The van der Waals surface area contributed by atoms with E-state index in [4.69, 9.17) is 9.84 Å². The molecule has 0 aliphatic heterocycles. The van der Waals surface area contributed by atoms with Crippen LogP contribution in [0.5, 0.6) is 0 Å². The number of carbonyl (C=O) groups is 4. The van der Waals surface area contributed by atoms with Crippen LogP contribution in [-0.2, 0) is 65.7 Å². The van der Waals surface area contributed by atoms with Crippen LogP contribution in [0, 0.1) is 0 Å². The summed E-state index contributed by atoms with van der Waals surface area (Å²) in [4.78, 5) is 45.7. The third-order valence-electron chi connectivity index (χ3n) is 8.52. The van der Waals surface area contributed by atoms with Gasteiger partial charge in [0.05, 0.1) is 6.61 Å². The van der Waals surface area contributed by atoms with Crippen LogP contribution in [0.25, 0.3) is 0 Å². The Hall–Kier alpha value is -4.08. The van der Waals surface area contributed by atoms with E-state index in [0.29, 0.717) is 6.61 Å². The van der Waals surface area contributed by atoms with Crippen LogP contribution in [0.4, 0.5) is 21.0 Å². The Kier molecular flexibility index (Phi) is 9.29. The van der Waals surface area contributed by atoms with Gasteiger partial charge in [-0.05, 0) is 128 Å². The van der Waals surface area contributed by atoms with Gasteiger partial charge in [0.15, 0.2) is 0 Å². The van der Waals surface area contributed by atoms with Gasteiger partial charge >= 0.3 is 24.0 Å². The fourth-order valence-electron chi connectivity index (χ4n) is 6.77. The molecule has 0 heterocycles. The van der Waals surface area contributed by atoms with Crippen LogP contribution in [-0.4, -0.2) is 48.8 Å². The maximum absolute atomic E-state index is 12.1. The van der Waals surface area contributed by atoms with Gasteiger partial charge in [0.2, 0.25) is 0 Å². The summed E-state index contributed by atoms with van der Waals surface area (Å²) in [7, 11) is 0. The lowest BCUT2D eigenvalue weighted by molar-refractivity contribution is -0.141. The van der Waals surface area contributed by atoms with E-state index in [-0.39, 0.29) is 19.1 Å². The van der Waals surface area contributed by atoms with Crippen LogP contribution in [0.1, 0.15) is 77.1 Å². The number of benzene rings is 2. The highest BCUT2D eigenvalue weighted by molar-refractivity contribution is 5.94. The number of carboxylic acid groups (broad SMARTS) is 1. The van der Waals surface area contributed by atoms with E-state index >= 15 is 0 Å². The maximum atomic E-state index is 12.1. The Labute approximate surface area is 246 Å². The zero-order chi connectivity index (χ0) is 29.6. The van der Waals surface area contributed by atoms with Gasteiger partial charge in [0.25, 0.3) is 0 Å². The van der Waals surface area contributed by atoms with E-state index < -0.39 is 18.0 Å². The van der Waals surface area contributed by atoms with Crippen molar-refractivity contribution in [1.82, 2.24) is 10.6 Å². The topological polar surface area (TPSA) is 146 Å². The van der Waals surface area contributed by atoms with Crippen LogP contribution in [0.3, 0.4) is 0 Å². The summed E-state index contributed by atoms with van der Waals surface area (Å²) < 4.78 is 4.81. The molecule has 0 saturated heterocycles. The number of carboxylic acids is 1. The van der Waals surface area contributed by atoms with Gasteiger partial charge in [-0.15, -0.1) is 0 Å². The largest absolute Gasteiger partial charge is 0.480 e. The van der Waals surface area contributed by atoms with E-state index in [1.54, 1.807) is 6.92 Å². The summed E-state index contributed by atoms with van der Waals surface area (Å²) in [5, 5.41) is 19.4. The van der Waals surface area contributed by atoms with Gasteiger partial charge in [0.1, 0.15) is 13.1 Å². The maximum Gasteiger partial charge on any atom is 0.325 e. The number of hydrogen-bond acceptors (Lipinski definition) is 5. The van der Waals surface area contributed by atoms with Gasteiger partial charge in [-0.2, -0.15) is 0 Å². The minimum absolute atomic E-state index is 0.100. The van der Waals surface area contributed by atoms with Gasteiger partial charge < -0.3 is 31.1 Å². The van der Waals surface area contributed by atoms with E-state index in [0.717, 1.165) is 88.4 Å². The normalized spacial score (nSPS) is 15.4. The molecule has 0 bridgehead atoms. The molecule has 10 nitrogen and oxygen atoms in total. The molecule has 2 aromatic rings. The number of esters is 1. The number of hydrogen-bond donors (Lipinski definition) is 5. The first-order chi connectivity index (χ1) is 20.3. The van der Waals surface area contributed by atoms with Gasteiger partial charge in [-0.25, -0.2) is 9.59 Å². The van der Waals surface area contributed by atoms with Gasteiger partial charge in [0, 0.05) is 11.4 Å². The SMILES string of the molecule is CCOC(=O)CNC(=O)Nc1c2c(cc3c1CCC3)CCC2.O=C(O)CNC(=O)Nc1c2c(cc3c1CCC3)CCC2. The predicted molar refractivity (Wildman–Crippen MR) is 159 cm³/mol. The van der Waals surface area contributed by atoms with Crippen molar-refractivity contribution in [2.24, 2.45) is 0 Å². The molecule has 6 rings (SSSR count). The summed E-state index contributed by atoms with van der Waals surface area (Å²) in [6.45, 7) is 1.61. The van der Waals surface area contributed by atoms with Crippen molar-refractivity contribution < 1.29 is 29.0 Å². The second-order valence-electron chi connectivity index (χ2n) is 11.3. The molecular weight excluding hydrogens is 536 g/mol. The molecule has 0 unspecified atom stereocenters. The molecular formula is C32H40N4O6. The van der Waals surface area contributed by atoms with E-state index in [1.807, 2.05) is 0 Å².